The third-order valence-corrected chi connectivity index (χ3v) is 5.55. The van der Waals surface area contributed by atoms with Gasteiger partial charge in [-0.15, -0.1) is 0 Å². The van der Waals surface area contributed by atoms with Crippen LogP contribution in [0.3, 0.4) is 0 Å². The summed E-state index contributed by atoms with van der Waals surface area (Å²) in [5.74, 6) is -0.604. The van der Waals surface area contributed by atoms with Gasteiger partial charge in [0.05, 0.1) is 37.6 Å². The molecule has 2 aliphatic heterocycles. The van der Waals surface area contributed by atoms with Crippen LogP contribution in [0, 0.1) is 11.2 Å². The first-order chi connectivity index (χ1) is 14.9. The lowest BCUT2D eigenvalue weighted by molar-refractivity contribution is 0.0665. The van der Waals surface area contributed by atoms with E-state index in [4.69, 9.17) is 19.9 Å². The number of amides is 1. The third kappa shape index (κ3) is 3.78. The molecule has 31 heavy (non-hydrogen) atoms. The van der Waals surface area contributed by atoms with Crippen LogP contribution in [-0.2, 0) is 15.0 Å². The van der Waals surface area contributed by atoms with Crippen molar-refractivity contribution in [1.29, 1.82) is 0 Å². The van der Waals surface area contributed by atoms with Gasteiger partial charge in [-0.05, 0) is 24.6 Å². The molecule has 9 nitrogen and oxygen atoms in total. The molecule has 2 aromatic rings. The van der Waals surface area contributed by atoms with Gasteiger partial charge in [0, 0.05) is 11.3 Å². The maximum atomic E-state index is 14.9. The zero-order valence-electron chi connectivity index (χ0n) is 17.4. The molecule has 0 aliphatic carbocycles. The largest absolute Gasteiger partial charge is 0.477 e. The summed E-state index contributed by atoms with van der Waals surface area (Å²) < 4.78 is 31.4. The second-order valence-electron chi connectivity index (χ2n) is 7.89. The number of carbonyl (C=O) groups excluding carboxylic acids is 1. The number of aliphatic imine (C=N–C) groups is 1. The number of nitrogens with zero attached hydrogens (tertiary/aromatic N) is 3. The van der Waals surface area contributed by atoms with Crippen molar-refractivity contribution in [3.63, 3.8) is 0 Å². The van der Waals surface area contributed by atoms with Gasteiger partial charge in [0.25, 0.3) is 11.9 Å². The summed E-state index contributed by atoms with van der Waals surface area (Å²) >= 11 is 0. The van der Waals surface area contributed by atoms with E-state index in [1.165, 1.54) is 24.5 Å². The highest BCUT2D eigenvalue weighted by Gasteiger charge is 2.58. The molecule has 0 bridgehead atoms. The highest BCUT2D eigenvalue weighted by Crippen LogP contribution is 2.51. The molecule has 2 atom stereocenters. The minimum Gasteiger partial charge on any atom is -0.477 e. The topological polar surface area (TPSA) is 121 Å². The number of nitrogens with two attached hydrogens (primary N) is 1. The average molecular weight is 429 g/mol. The lowest BCUT2D eigenvalue weighted by Crippen LogP contribution is -2.50. The molecular formula is C21H24FN5O4. The first-order valence-corrected chi connectivity index (χ1v) is 9.99. The van der Waals surface area contributed by atoms with Crippen molar-refractivity contribution < 1.29 is 23.4 Å². The van der Waals surface area contributed by atoms with E-state index in [9.17, 15) is 9.18 Å². The number of hydrogen-bond donors (Lipinski definition) is 2. The summed E-state index contributed by atoms with van der Waals surface area (Å²) in [7, 11) is 0. The van der Waals surface area contributed by atoms with Gasteiger partial charge in [-0.1, -0.05) is 13.8 Å². The van der Waals surface area contributed by atoms with Gasteiger partial charge in [0.15, 0.2) is 0 Å². The first kappa shape index (κ1) is 21.0. The fourth-order valence-electron chi connectivity index (χ4n) is 3.79. The van der Waals surface area contributed by atoms with Gasteiger partial charge in [-0.25, -0.2) is 19.4 Å². The molecule has 0 saturated carbocycles. The summed E-state index contributed by atoms with van der Waals surface area (Å²) in [5, 5.41) is 2.73. The predicted octanol–water partition coefficient (Wildman–Crippen LogP) is 2.23. The molecule has 10 heteroatoms. The minimum absolute atomic E-state index is 0.0162. The van der Waals surface area contributed by atoms with Gasteiger partial charge in [-0.3, -0.25) is 4.79 Å². The van der Waals surface area contributed by atoms with Gasteiger partial charge in [0.2, 0.25) is 5.88 Å². The Morgan fingerprint density at radius 2 is 2.13 bits per heavy atom. The number of hydrogen-bond acceptors (Lipinski definition) is 8. The van der Waals surface area contributed by atoms with Crippen LogP contribution in [0.15, 0.2) is 35.6 Å². The van der Waals surface area contributed by atoms with Crippen molar-refractivity contribution in [3.8, 4) is 5.88 Å². The van der Waals surface area contributed by atoms with E-state index in [1.54, 1.807) is 6.07 Å². The molecule has 0 spiro atoms. The SMILES string of the molecule is CCCOc1cnc(C(=O)Nc2ccc(F)c(C34COCC3(C)COC(N)=N4)c2)cn1. The quantitative estimate of drug-likeness (QED) is 0.722. The van der Waals surface area contributed by atoms with Crippen LogP contribution in [0.2, 0.25) is 0 Å². The Labute approximate surface area is 178 Å². The summed E-state index contributed by atoms with van der Waals surface area (Å²) in [6, 6.07) is 4.29. The molecule has 1 saturated heterocycles. The Morgan fingerprint density at radius 3 is 2.87 bits per heavy atom. The molecule has 164 valence electrons. The monoisotopic (exact) mass is 429 g/mol. The number of aromatic nitrogens is 2. The zero-order valence-corrected chi connectivity index (χ0v) is 17.4. The molecule has 1 amide bonds. The zero-order chi connectivity index (χ0) is 22.1. The molecule has 2 aliphatic rings. The van der Waals surface area contributed by atoms with Crippen molar-refractivity contribution in [2.75, 3.05) is 31.7 Å². The second kappa shape index (κ2) is 8.10. The number of ether oxygens (including phenoxy) is 3. The van der Waals surface area contributed by atoms with E-state index in [2.05, 4.69) is 20.3 Å². The Balaban J connectivity index is 1.60. The number of nitrogens with one attached hydrogen (secondary N) is 1. The third-order valence-electron chi connectivity index (χ3n) is 5.55. The van der Waals surface area contributed by atoms with Gasteiger partial charge < -0.3 is 25.3 Å². The lowest BCUT2D eigenvalue weighted by atomic mass is 9.69. The first-order valence-electron chi connectivity index (χ1n) is 9.99. The molecule has 1 aromatic heterocycles. The summed E-state index contributed by atoms with van der Waals surface area (Å²) in [5.41, 5.74) is 4.95. The van der Waals surface area contributed by atoms with E-state index in [1.807, 2.05) is 13.8 Å². The van der Waals surface area contributed by atoms with E-state index in [-0.39, 0.29) is 30.5 Å². The van der Waals surface area contributed by atoms with Crippen molar-refractivity contribution in [1.82, 2.24) is 9.97 Å². The maximum Gasteiger partial charge on any atom is 0.282 e. The summed E-state index contributed by atoms with van der Waals surface area (Å²) in [4.78, 5) is 25.2. The molecule has 1 fully saturated rings. The van der Waals surface area contributed by atoms with E-state index < -0.39 is 22.7 Å². The molecule has 2 unspecified atom stereocenters. The fraction of sp³-hybridized carbons (Fsp3) is 0.429. The number of benzene rings is 1. The molecule has 4 rings (SSSR count). The van der Waals surface area contributed by atoms with E-state index in [0.29, 0.717) is 24.8 Å². The van der Waals surface area contributed by atoms with Crippen LogP contribution in [0.5, 0.6) is 5.88 Å². The number of amidine groups is 1. The highest BCUT2D eigenvalue weighted by atomic mass is 19.1. The molecule has 0 radical (unpaired) electrons. The van der Waals surface area contributed by atoms with Crippen LogP contribution >= 0.6 is 0 Å². The van der Waals surface area contributed by atoms with Crippen LogP contribution in [0.1, 0.15) is 36.3 Å². The van der Waals surface area contributed by atoms with Gasteiger partial charge in [0.1, 0.15) is 23.7 Å². The Bertz CT molecular complexity index is 1020. The highest BCUT2D eigenvalue weighted by molar-refractivity contribution is 6.02. The van der Waals surface area contributed by atoms with Crippen molar-refractivity contribution in [3.05, 3.63) is 47.7 Å². The van der Waals surface area contributed by atoms with Gasteiger partial charge in [-0.2, -0.15) is 0 Å². The number of carbonyl (C=O) groups is 1. The normalized spacial score (nSPS) is 24.7. The maximum absolute atomic E-state index is 14.9. The van der Waals surface area contributed by atoms with Gasteiger partial charge >= 0.3 is 0 Å². The average Bonchev–Trinajstić information content (AvgIpc) is 3.11. The van der Waals surface area contributed by atoms with Crippen LogP contribution in [0.25, 0.3) is 0 Å². The number of halogens is 1. The summed E-state index contributed by atoms with van der Waals surface area (Å²) in [6.45, 7) is 5.17. The predicted molar refractivity (Wildman–Crippen MR) is 110 cm³/mol. The van der Waals surface area contributed by atoms with Crippen molar-refractivity contribution in [2.45, 2.75) is 25.8 Å². The molecule has 3 N–H and O–H groups in total. The van der Waals surface area contributed by atoms with Crippen molar-refractivity contribution >= 4 is 17.6 Å². The Hall–Kier alpha value is -3.27. The van der Waals surface area contributed by atoms with Crippen LogP contribution in [-0.4, -0.2) is 48.3 Å². The van der Waals surface area contributed by atoms with E-state index >= 15 is 0 Å². The van der Waals surface area contributed by atoms with E-state index in [0.717, 1.165) is 6.42 Å². The number of anilines is 1. The molecular weight excluding hydrogens is 405 g/mol. The van der Waals surface area contributed by atoms with Crippen molar-refractivity contribution in [2.24, 2.45) is 16.1 Å². The molecule has 1 aromatic carbocycles. The van der Waals surface area contributed by atoms with Crippen LogP contribution < -0.4 is 15.8 Å². The summed E-state index contributed by atoms with van der Waals surface area (Å²) in [6.07, 6.45) is 3.56. The Morgan fingerprint density at radius 1 is 1.29 bits per heavy atom. The minimum atomic E-state index is -1.04. The van der Waals surface area contributed by atoms with Crippen LogP contribution in [0.4, 0.5) is 10.1 Å². The molecule has 3 heterocycles. The fourth-order valence-corrected chi connectivity index (χ4v) is 3.79. The number of rotatable bonds is 6. The standard InChI is InChI=1S/C21H24FN5O4/c1-3-6-30-17-9-24-16(8-25-17)18(28)26-13-4-5-15(22)14(7-13)21-12-29-10-20(21,2)11-31-19(23)27-21/h4-5,7-9H,3,6,10-12H2,1-2H3,(H2,23,27)(H,26,28). The number of fused-ring (bicyclic) bond motifs is 1. The smallest absolute Gasteiger partial charge is 0.282 e. The lowest BCUT2D eigenvalue weighted by Gasteiger charge is -2.42. The second-order valence-corrected chi connectivity index (χ2v) is 7.89. The Kier molecular flexibility index (Phi) is 5.48.